The van der Waals surface area contributed by atoms with Crippen LogP contribution < -0.4 is 19.9 Å². The van der Waals surface area contributed by atoms with Gasteiger partial charge in [-0.25, -0.2) is 9.36 Å². The van der Waals surface area contributed by atoms with Crippen LogP contribution in [-0.2, 0) is 0 Å². The zero-order valence-corrected chi connectivity index (χ0v) is 20.2. The molecule has 0 atom stereocenters. The number of methoxy groups -OCH3 is 3. The summed E-state index contributed by atoms with van der Waals surface area (Å²) in [6, 6.07) is 19.5. The van der Waals surface area contributed by atoms with E-state index >= 15 is 0 Å². The number of halogens is 1. The van der Waals surface area contributed by atoms with E-state index in [0.717, 1.165) is 10.1 Å². The van der Waals surface area contributed by atoms with E-state index < -0.39 is 11.6 Å². The van der Waals surface area contributed by atoms with Crippen molar-refractivity contribution in [1.82, 2.24) is 9.13 Å². The number of nitrogens with zero attached hydrogens (tertiary/aromatic N) is 2. The average molecular weight is 491 g/mol. The van der Waals surface area contributed by atoms with E-state index in [9.17, 15) is 9.59 Å². The van der Waals surface area contributed by atoms with Crippen molar-refractivity contribution in [2.75, 3.05) is 21.3 Å². The van der Waals surface area contributed by atoms with Gasteiger partial charge in [-0.1, -0.05) is 41.9 Å². The number of para-hydroxylation sites is 1. The minimum Gasteiger partial charge on any atom is -0.493 e. The van der Waals surface area contributed by atoms with Gasteiger partial charge in [-0.3, -0.25) is 9.36 Å². The quantitative estimate of drug-likeness (QED) is 0.327. The van der Waals surface area contributed by atoms with Crippen LogP contribution in [0.15, 0.2) is 83.8 Å². The third-order valence-electron chi connectivity index (χ3n) is 5.39. The lowest BCUT2D eigenvalue weighted by Crippen LogP contribution is -2.27. The lowest BCUT2D eigenvalue weighted by atomic mass is 10.1. The van der Waals surface area contributed by atoms with Crippen LogP contribution in [0.1, 0.15) is 10.4 Å². The first-order chi connectivity index (χ1) is 17.0. The van der Waals surface area contributed by atoms with Crippen molar-refractivity contribution in [3.8, 4) is 34.2 Å². The fourth-order valence-electron chi connectivity index (χ4n) is 3.68. The topological polar surface area (TPSA) is 71.7 Å². The van der Waals surface area contributed by atoms with Crippen LogP contribution in [-0.4, -0.2) is 36.4 Å². The molecule has 0 aliphatic heterocycles. The maximum Gasteiger partial charge on any atom is 0.340 e. The molecule has 4 rings (SSSR count). The molecule has 0 aliphatic carbocycles. The van der Waals surface area contributed by atoms with Crippen LogP contribution in [0.5, 0.6) is 17.2 Å². The molecule has 0 fully saturated rings. The molecule has 0 aliphatic rings. The Kier molecular flexibility index (Phi) is 7.08. The van der Waals surface area contributed by atoms with Gasteiger partial charge in [0.05, 0.1) is 32.7 Å². The van der Waals surface area contributed by atoms with Gasteiger partial charge in [0.25, 0.3) is 5.91 Å². The number of hydrogen-bond acceptors (Lipinski definition) is 5. The van der Waals surface area contributed by atoms with Crippen molar-refractivity contribution >= 4 is 23.6 Å². The number of carbonyl (C=O) groups excluding carboxylic acids is 1. The summed E-state index contributed by atoms with van der Waals surface area (Å²) in [6.45, 7) is 0. The van der Waals surface area contributed by atoms with E-state index in [2.05, 4.69) is 0 Å². The van der Waals surface area contributed by atoms with E-state index in [1.54, 1.807) is 60.8 Å². The Hall–Kier alpha value is -4.23. The lowest BCUT2D eigenvalue weighted by molar-refractivity contribution is 0.0967. The fraction of sp³-hybridized carbons (Fsp3) is 0.111. The Morgan fingerprint density at radius 1 is 0.886 bits per heavy atom. The molecule has 0 saturated carbocycles. The molecule has 3 aromatic carbocycles. The molecule has 178 valence electrons. The summed E-state index contributed by atoms with van der Waals surface area (Å²) < 4.78 is 18.9. The van der Waals surface area contributed by atoms with E-state index in [1.807, 2.05) is 18.2 Å². The smallest absolute Gasteiger partial charge is 0.340 e. The number of imidazole rings is 1. The van der Waals surface area contributed by atoms with Gasteiger partial charge < -0.3 is 14.2 Å². The van der Waals surface area contributed by atoms with Crippen molar-refractivity contribution in [3.05, 3.63) is 100 Å². The third kappa shape index (κ3) is 4.85. The molecule has 0 saturated heterocycles. The molecule has 0 bridgehead atoms. The fourth-order valence-corrected chi connectivity index (χ4v) is 3.81. The van der Waals surface area contributed by atoms with Crippen LogP contribution >= 0.6 is 11.6 Å². The van der Waals surface area contributed by atoms with E-state index in [0.29, 0.717) is 39.2 Å². The summed E-state index contributed by atoms with van der Waals surface area (Å²) in [5.74, 6) is 0.697. The van der Waals surface area contributed by atoms with Gasteiger partial charge in [0.15, 0.2) is 11.5 Å². The van der Waals surface area contributed by atoms with Crippen molar-refractivity contribution in [2.45, 2.75) is 0 Å². The standard InChI is InChI=1S/C27H23ClN2O5/c1-33-23-15-19(16-24(34-2)26(23)35-3)22-17-29(21-7-5-4-6-8-21)27(32)30(22)25(31)14-11-18-9-12-20(28)13-10-18/h4-17H,1-3H3/b14-11+. The number of carbonyl (C=O) groups is 1. The predicted molar refractivity (Wildman–Crippen MR) is 136 cm³/mol. The van der Waals surface area contributed by atoms with Gasteiger partial charge in [0, 0.05) is 22.9 Å². The Morgan fingerprint density at radius 3 is 2.09 bits per heavy atom. The molecule has 0 spiro atoms. The minimum absolute atomic E-state index is 0.365. The minimum atomic E-state index is -0.511. The molecule has 0 radical (unpaired) electrons. The molecule has 8 heteroatoms. The second-order valence-corrected chi connectivity index (χ2v) is 7.91. The first-order valence-electron chi connectivity index (χ1n) is 10.6. The zero-order chi connectivity index (χ0) is 24.9. The normalized spacial score (nSPS) is 11.0. The highest BCUT2D eigenvalue weighted by Gasteiger charge is 2.22. The predicted octanol–water partition coefficient (Wildman–Crippen LogP) is 5.34. The van der Waals surface area contributed by atoms with Crippen LogP contribution in [0, 0.1) is 0 Å². The van der Waals surface area contributed by atoms with Gasteiger partial charge in [-0.05, 0) is 48.0 Å². The maximum atomic E-state index is 13.5. The summed E-state index contributed by atoms with van der Waals surface area (Å²) >= 11 is 5.94. The molecule has 35 heavy (non-hydrogen) atoms. The second kappa shape index (κ2) is 10.4. The number of aromatic nitrogens is 2. The van der Waals surface area contributed by atoms with Crippen molar-refractivity contribution in [2.24, 2.45) is 0 Å². The number of benzene rings is 3. The van der Waals surface area contributed by atoms with Crippen molar-refractivity contribution in [1.29, 1.82) is 0 Å². The first-order valence-corrected chi connectivity index (χ1v) is 11.0. The Morgan fingerprint density at radius 2 is 1.51 bits per heavy atom. The van der Waals surface area contributed by atoms with Crippen LogP contribution in [0.4, 0.5) is 0 Å². The molecular weight excluding hydrogens is 468 g/mol. The summed E-state index contributed by atoms with van der Waals surface area (Å²) in [6.07, 6.45) is 4.60. The summed E-state index contributed by atoms with van der Waals surface area (Å²) in [5, 5.41) is 0.592. The number of ether oxygens (including phenoxy) is 3. The first kappa shape index (κ1) is 23.9. The molecule has 4 aromatic rings. The summed E-state index contributed by atoms with van der Waals surface area (Å²) in [7, 11) is 4.51. The van der Waals surface area contributed by atoms with Gasteiger partial charge in [-0.15, -0.1) is 0 Å². The van der Waals surface area contributed by atoms with Crippen LogP contribution in [0.2, 0.25) is 5.02 Å². The lowest BCUT2D eigenvalue weighted by Gasteiger charge is -2.14. The van der Waals surface area contributed by atoms with Gasteiger partial charge in [0.1, 0.15) is 0 Å². The molecule has 0 unspecified atom stereocenters. The highest BCUT2D eigenvalue weighted by molar-refractivity contribution is 6.30. The SMILES string of the molecule is COc1cc(-c2cn(-c3ccccc3)c(=O)n2C(=O)/C=C/c2ccc(Cl)cc2)cc(OC)c1OC. The molecule has 7 nitrogen and oxygen atoms in total. The zero-order valence-electron chi connectivity index (χ0n) is 19.4. The van der Waals surface area contributed by atoms with E-state index in [4.69, 9.17) is 25.8 Å². The van der Waals surface area contributed by atoms with Crippen molar-refractivity contribution in [3.63, 3.8) is 0 Å². The molecule has 1 heterocycles. The second-order valence-electron chi connectivity index (χ2n) is 7.48. The Bertz CT molecular complexity index is 1410. The number of hydrogen-bond donors (Lipinski definition) is 0. The van der Waals surface area contributed by atoms with E-state index in [-0.39, 0.29) is 0 Å². The van der Waals surface area contributed by atoms with Crippen molar-refractivity contribution < 1.29 is 19.0 Å². The molecule has 1 aromatic heterocycles. The number of allylic oxidation sites excluding steroid dienone is 1. The van der Waals surface area contributed by atoms with Gasteiger partial charge in [-0.2, -0.15) is 0 Å². The monoisotopic (exact) mass is 490 g/mol. The van der Waals surface area contributed by atoms with Crippen LogP contribution in [0.3, 0.4) is 0 Å². The maximum absolute atomic E-state index is 13.5. The Labute approximate surface area is 207 Å². The summed E-state index contributed by atoms with van der Waals surface area (Å²) in [5.41, 5.74) is 1.79. The van der Waals surface area contributed by atoms with Gasteiger partial charge >= 0.3 is 5.69 Å². The highest BCUT2D eigenvalue weighted by atomic mass is 35.5. The molecule has 0 amide bonds. The average Bonchev–Trinajstić information content (AvgIpc) is 3.24. The highest BCUT2D eigenvalue weighted by Crippen LogP contribution is 2.41. The third-order valence-corrected chi connectivity index (χ3v) is 5.65. The molecule has 0 N–H and O–H groups in total. The number of rotatable bonds is 7. The Balaban J connectivity index is 1.89. The summed E-state index contributed by atoms with van der Waals surface area (Å²) in [4.78, 5) is 26.8. The van der Waals surface area contributed by atoms with Gasteiger partial charge in [0.2, 0.25) is 5.75 Å². The van der Waals surface area contributed by atoms with E-state index in [1.165, 1.54) is 32.0 Å². The molecular formula is C27H23ClN2O5. The largest absolute Gasteiger partial charge is 0.493 e. The van der Waals surface area contributed by atoms with Crippen LogP contribution in [0.25, 0.3) is 23.0 Å².